The molecule has 45 heavy (non-hydrogen) atoms. The van der Waals surface area contributed by atoms with Crippen molar-refractivity contribution >= 4 is 63.9 Å². The fourth-order valence-electron chi connectivity index (χ4n) is 3.90. The Balaban J connectivity index is 0.000000663. The molecule has 1 N–H and O–H groups in total. The SMILES string of the molecule is CC1(C)OC(=O)C(=C(O)CCc2ccccc2)C(=O)O1.CC1(C)OC(=O)CC(=O)O1.CCCCCCCCCC(=O)Cl.ClCCl. The number of ether oxygens (including phenoxy) is 4. The number of rotatable bonds is 11. The Hall–Kier alpha value is -2.82. The fraction of sp³-hybridized carbons (Fsp3) is 0.594. The number of aryl methyl sites for hydroxylation is 1. The first-order valence-corrected chi connectivity index (χ1v) is 16.2. The van der Waals surface area contributed by atoms with Crippen LogP contribution in [0.4, 0.5) is 0 Å². The van der Waals surface area contributed by atoms with E-state index in [4.69, 9.17) is 44.3 Å². The van der Waals surface area contributed by atoms with Gasteiger partial charge in [0.05, 0.1) is 5.34 Å². The molecule has 2 saturated heterocycles. The molecule has 0 amide bonds. The molecule has 0 aliphatic carbocycles. The van der Waals surface area contributed by atoms with Gasteiger partial charge in [0.2, 0.25) is 5.24 Å². The molecular weight excluding hydrogens is 651 g/mol. The third kappa shape index (κ3) is 20.8. The second kappa shape index (κ2) is 22.6. The van der Waals surface area contributed by atoms with Crippen LogP contribution >= 0.6 is 34.8 Å². The fourth-order valence-corrected chi connectivity index (χ4v) is 4.03. The molecule has 1 aromatic carbocycles. The van der Waals surface area contributed by atoms with Gasteiger partial charge in [-0.1, -0.05) is 75.8 Å². The van der Waals surface area contributed by atoms with E-state index in [2.05, 4.69) is 16.4 Å². The van der Waals surface area contributed by atoms with E-state index in [9.17, 15) is 29.1 Å². The Bertz CT molecular complexity index is 1080. The molecular formula is C32H45Cl3O10. The van der Waals surface area contributed by atoms with Crippen molar-refractivity contribution in [2.24, 2.45) is 0 Å². The maximum absolute atomic E-state index is 11.7. The molecule has 0 atom stereocenters. The number of benzene rings is 1. The van der Waals surface area contributed by atoms with Gasteiger partial charge < -0.3 is 24.1 Å². The highest BCUT2D eigenvalue weighted by Crippen LogP contribution is 2.25. The zero-order valence-electron chi connectivity index (χ0n) is 26.6. The number of carbonyl (C=O) groups is 5. The molecule has 254 valence electrons. The number of allylic oxidation sites excluding steroid dienone is 1. The van der Waals surface area contributed by atoms with Crippen molar-refractivity contribution < 1.29 is 48.0 Å². The molecule has 2 aliphatic rings. The van der Waals surface area contributed by atoms with E-state index >= 15 is 0 Å². The number of esters is 4. The number of alkyl halides is 2. The number of hydrogen-bond acceptors (Lipinski definition) is 10. The van der Waals surface area contributed by atoms with Crippen molar-refractivity contribution in [1.82, 2.24) is 0 Å². The molecule has 0 aromatic heterocycles. The molecule has 0 saturated carbocycles. The summed E-state index contributed by atoms with van der Waals surface area (Å²) in [6.45, 7) is 8.16. The van der Waals surface area contributed by atoms with Gasteiger partial charge in [-0.15, -0.1) is 23.2 Å². The number of halogens is 3. The van der Waals surface area contributed by atoms with Crippen LogP contribution in [0.5, 0.6) is 0 Å². The molecule has 0 unspecified atom stereocenters. The van der Waals surface area contributed by atoms with Crippen LogP contribution in [-0.2, 0) is 49.3 Å². The first kappa shape index (κ1) is 42.2. The summed E-state index contributed by atoms with van der Waals surface area (Å²) in [5.74, 6) is -5.43. The van der Waals surface area contributed by atoms with Crippen molar-refractivity contribution in [3.63, 3.8) is 0 Å². The maximum Gasteiger partial charge on any atom is 0.352 e. The normalized spacial score (nSPS) is 16.0. The van der Waals surface area contributed by atoms with Crippen molar-refractivity contribution in [3.05, 3.63) is 47.2 Å². The van der Waals surface area contributed by atoms with E-state index in [-0.39, 0.29) is 29.2 Å². The zero-order valence-corrected chi connectivity index (χ0v) is 28.9. The summed E-state index contributed by atoms with van der Waals surface area (Å²) < 4.78 is 19.2. The van der Waals surface area contributed by atoms with Gasteiger partial charge in [-0.2, -0.15) is 0 Å². The summed E-state index contributed by atoms with van der Waals surface area (Å²) in [5.41, 5.74) is 0.581. The Labute approximate surface area is 280 Å². The Morgan fingerprint density at radius 3 is 1.64 bits per heavy atom. The third-order valence-electron chi connectivity index (χ3n) is 5.85. The molecule has 10 nitrogen and oxygen atoms in total. The van der Waals surface area contributed by atoms with Crippen molar-refractivity contribution in [2.75, 3.05) is 5.34 Å². The first-order chi connectivity index (χ1) is 21.1. The van der Waals surface area contributed by atoms with Crippen molar-refractivity contribution in [3.8, 4) is 0 Å². The quantitative estimate of drug-likeness (QED) is 0.0356. The van der Waals surface area contributed by atoms with Crippen LogP contribution in [0.1, 0.15) is 104 Å². The molecule has 2 heterocycles. The van der Waals surface area contributed by atoms with Gasteiger partial charge in [-0.3, -0.25) is 14.4 Å². The lowest BCUT2D eigenvalue weighted by molar-refractivity contribution is -0.231. The average Bonchev–Trinajstić information content (AvgIpc) is 2.90. The second-order valence-corrected chi connectivity index (χ2v) is 12.1. The lowest BCUT2D eigenvalue weighted by atomic mass is 10.1. The summed E-state index contributed by atoms with van der Waals surface area (Å²) in [6.07, 6.45) is 9.62. The Morgan fingerprint density at radius 1 is 0.756 bits per heavy atom. The minimum absolute atomic E-state index is 0.171. The van der Waals surface area contributed by atoms with E-state index in [1.807, 2.05) is 30.3 Å². The van der Waals surface area contributed by atoms with Gasteiger partial charge in [-0.05, 0) is 30.0 Å². The molecule has 2 fully saturated rings. The van der Waals surface area contributed by atoms with Crippen LogP contribution in [0, 0.1) is 0 Å². The Morgan fingerprint density at radius 2 is 1.20 bits per heavy atom. The minimum Gasteiger partial charge on any atom is -0.511 e. The highest BCUT2D eigenvalue weighted by Gasteiger charge is 2.41. The van der Waals surface area contributed by atoms with Crippen LogP contribution in [-0.4, -0.2) is 51.1 Å². The summed E-state index contributed by atoms with van der Waals surface area (Å²) in [5, 5.41) is 9.93. The molecule has 2 aliphatic heterocycles. The van der Waals surface area contributed by atoms with Crippen molar-refractivity contribution in [2.45, 2.75) is 117 Å². The smallest absolute Gasteiger partial charge is 0.352 e. The number of hydrogen-bond donors (Lipinski definition) is 1. The molecule has 3 rings (SSSR count). The molecule has 0 radical (unpaired) electrons. The molecule has 0 bridgehead atoms. The number of unbranched alkanes of at least 4 members (excludes halogenated alkanes) is 6. The monoisotopic (exact) mass is 694 g/mol. The van der Waals surface area contributed by atoms with Gasteiger partial charge in [-0.25, -0.2) is 9.59 Å². The van der Waals surface area contributed by atoms with Gasteiger partial charge in [0.15, 0.2) is 5.57 Å². The van der Waals surface area contributed by atoms with Crippen LogP contribution in [0.2, 0.25) is 0 Å². The first-order valence-electron chi connectivity index (χ1n) is 14.7. The van der Waals surface area contributed by atoms with E-state index < -0.39 is 41.0 Å². The Kier molecular flexibility index (Phi) is 21.2. The van der Waals surface area contributed by atoms with Gasteiger partial charge in [0.1, 0.15) is 12.2 Å². The average molecular weight is 696 g/mol. The summed E-state index contributed by atoms with van der Waals surface area (Å²) in [4.78, 5) is 54.9. The zero-order chi connectivity index (χ0) is 34.5. The van der Waals surface area contributed by atoms with E-state index in [0.717, 1.165) is 18.4 Å². The number of carbonyl (C=O) groups excluding carboxylic acids is 5. The van der Waals surface area contributed by atoms with Crippen LogP contribution in [0.15, 0.2) is 41.7 Å². The highest BCUT2D eigenvalue weighted by molar-refractivity contribution is 6.63. The predicted molar refractivity (Wildman–Crippen MR) is 172 cm³/mol. The third-order valence-corrected chi connectivity index (χ3v) is 6.04. The van der Waals surface area contributed by atoms with E-state index in [1.165, 1.54) is 59.8 Å². The molecule has 1 aromatic rings. The van der Waals surface area contributed by atoms with E-state index in [1.54, 1.807) is 0 Å². The maximum atomic E-state index is 11.7. The minimum atomic E-state index is -1.29. The number of aliphatic hydroxyl groups is 1. The lowest BCUT2D eigenvalue weighted by Crippen LogP contribution is -2.42. The number of aliphatic hydroxyl groups excluding tert-OH is 1. The van der Waals surface area contributed by atoms with Crippen molar-refractivity contribution in [1.29, 1.82) is 0 Å². The van der Waals surface area contributed by atoms with E-state index in [0.29, 0.717) is 12.8 Å². The molecule has 0 spiro atoms. The number of cyclic esters (lactones) is 4. The molecule has 13 heteroatoms. The topological polar surface area (TPSA) is 142 Å². The summed E-state index contributed by atoms with van der Waals surface area (Å²) in [7, 11) is 0. The predicted octanol–water partition coefficient (Wildman–Crippen LogP) is 7.79. The lowest BCUT2D eigenvalue weighted by Gasteiger charge is -2.30. The van der Waals surface area contributed by atoms with Gasteiger partial charge in [0, 0.05) is 40.5 Å². The largest absolute Gasteiger partial charge is 0.511 e. The van der Waals surface area contributed by atoms with Gasteiger partial charge in [0.25, 0.3) is 11.6 Å². The standard InChI is InChI=1S/C15H16O5.C10H19ClO.C6H8O4.CH2Cl2/c1-15(2)19-13(17)12(14(18)20-15)11(16)9-8-10-6-4-3-5-7-10;1-2-3-4-5-6-7-8-9-10(11)12;1-6(2)9-4(7)3-5(8)10-6;2-1-3/h3-7,16H,8-9H2,1-2H3;2-9H2,1H3;3H2,1-2H3;1H2. The summed E-state index contributed by atoms with van der Waals surface area (Å²) >= 11 is 14.7. The van der Waals surface area contributed by atoms with Crippen LogP contribution in [0.3, 0.4) is 0 Å². The van der Waals surface area contributed by atoms with Gasteiger partial charge >= 0.3 is 23.9 Å². The summed E-state index contributed by atoms with van der Waals surface area (Å²) in [6, 6.07) is 9.45. The van der Waals surface area contributed by atoms with Crippen LogP contribution in [0.25, 0.3) is 0 Å². The highest BCUT2D eigenvalue weighted by atomic mass is 35.5. The second-order valence-electron chi connectivity index (χ2n) is 10.8. The van der Waals surface area contributed by atoms with Crippen LogP contribution < -0.4 is 0 Å².